The van der Waals surface area contributed by atoms with Crippen LogP contribution < -0.4 is 4.90 Å². The third kappa shape index (κ3) is 1.70. The van der Waals surface area contributed by atoms with Gasteiger partial charge in [0.05, 0.1) is 12.2 Å². The molecule has 0 radical (unpaired) electrons. The van der Waals surface area contributed by atoms with Gasteiger partial charge in [0.1, 0.15) is 18.3 Å². The van der Waals surface area contributed by atoms with Gasteiger partial charge in [0, 0.05) is 18.1 Å². The van der Waals surface area contributed by atoms with Gasteiger partial charge in [-0.3, -0.25) is 9.13 Å². The van der Waals surface area contributed by atoms with E-state index in [9.17, 15) is 0 Å². The van der Waals surface area contributed by atoms with Crippen molar-refractivity contribution in [1.82, 2.24) is 34.3 Å². The second kappa shape index (κ2) is 4.85. The zero-order valence-corrected chi connectivity index (χ0v) is 13.0. The molecule has 8 heteroatoms. The molecular formula is C16H14N8. The van der Waals surface area contributed by atoms with Crippen molar-refractivity contribution in [3.8, 4) is 11.6 Å². The van der Waals surface area contributed by atoms with Gasteiger partial charge in [-0.15, -0.1) is 10.2 Å². The SMILES string of the molecule is CC[C@@H]1c2nncn2-c2cnc(-n3ccnc3)nc2N1C1=CC=C1. The Balaban J connectivity index is 1.74. The average Bonchev–Trinajstić information content (AvgIpc) is 3.24. The zero-order valence-electron chi connectivity index (χ0n) is 13.0. The summed E-state index contributed by atoms with van der Waals surface area (Å²) in [6, 6.07) is 0.0849. The Bertz CT molecular complexity index is 966. The molecule has 24 heavy (non-hydrogen) atoms. The third-order valence-corrected chi connectivity index (χ3v) is 4.34. The molecule has 0 aromatic carbocycles. The molecule has 1 aliphatic heterocycles. The van der Waals surface area contributed by atoms with Gasteiger partial charge < -0.3 is 4.90 Å². The fourth-order valence-corrected chi connectivity index (χ4v) is 3.14. The van der Waals surface area contributed by atoms with Crippen LogP contribution in [0.4, 0.5) is 5.82 Å². The number of aromatic nitrogens is 7. The largest absolute Gasteiger partial charge is 0.314 e. The van der Waals surface area contributed by atoms with Crippen LogP contribution in [0.3, 0.4) is 0 Å². The number of fused-ring (bicyclic) bond motifs is 3. The quantitative estimate of drug-likeness (QED) is 0.735. The van der Waals surface area contributed by atoms with Crippen LogP contribution >= 0.6 is 0 Å². The second-order valence-electron chi connectivity index (χ2n) is 5.65. The number of hydrogen-bond donors (Lipinski definition) is 0. The Morgan fingerprint density at radius 2 is 2.17 bits per heavy atom. The number of allylic oxidation sites excluding steroid dienone is 3. The molecule has 0 spiro atoms. The zero-order chi connectivity index (χ0) is 16.1. The van der Waals surface area contributed by atoms with Gasteiger partial charge in [0.15, 0.2) is 11.6 Å². The molecule has 0 bridgehead atoms. The highest BCUT2D eigenvalue weighted by Crippen LogP contribution is 2.41. The van der Waals surface area contributed by atoms with E-state index in [0.717, 1.165) is 29.4 Å². The minimum atomic E-state index is 0.0849. The van der Waals surface area contributed by atoms with Gasteiger partial charge in [-0.1, -0.05) is 13.0 Å². The number of rotatable bonds is 3. The molecular weight excluding hydrogens is 304 g/mol. The maximum atomic E-state index is 4.80. The Hall–Kier alpha value is -3.29. The third-order valence-electron chi connectivity index (χ3n) is 4.34. The summed E-state index contributed by atoms with van der Waals surface area (Å²) < 4.78 is 3.77. The van der Waals surface area contributed by atoms with Crippen molar-refractivity contribution in [3.05, 3.63) is 61.0 Å². The maximum Gasteiger partial charge on any atom is 0.237 e. The lowest BCUT2D eigenvalue weighted by Crippen LogP contribution is -2.35. The molecule has 0 saturated carbocycles. The Labute approximate surface area is 137 Å². The molecule has 3 aromatic rings. The minimum Gasteiger partial charge on any atom is -0.314 e. The van der Waals surface area contributed by atoms with Crippen molar-refractivity contribution < 1.29 is 0 Å². The molecule has 118 valence electrons. The van der Waals surface area contributed by atoms with Crippen LogP contribution in [0.25, 0.3) is 11.6 Å². The molecule has 2 aliphatic rings. The molecule has 8 nitrogen and oxygen atoms in total. The normalized spacial score (nSPS) is 18.0. The first-order chi connectivity index (χ1) is 11.9. The molecule has 0 saturated heterocycles. The summed E-state index contributed by atoms with van der Waals surface area (Å²) in [6.07, 6.45) is 15.9. The monoisotopic (exact) mass is 318 g/mol. The van der Waals surface area contributed by atoms with Crippen LogP contribution in [0, 0.1) is 0 Å². The molecule has 0 fully saturated rings. The van der Waals surface area contributed by atoms with E-state index in [1.54, 1.807) is 23.4 Å². The van der Waals surface area contributed by atoms with Crippen molar-refractivity contribution in [1.29, 1.82) is 0 Å². The van der Waals surface area contributed by atoms with Crippen LogP contribution in [0.2, 0.25) is 0 Å². The van der Waals surface area contributed by atoms with E-state index >= 15 is 0 Å². The Morgan fingerprint density at radius 3 is 2.88 bits per heavy atom. The summed E-state index contributed by atoms with van der Waals surface area (Å²) in [4.78, 5) is 15.6. The molecule has 0 N–H and O–H groups in total. The van der Waals surface area contributed by atoms with Gasteiger partial charge in [-0.2, -0.15) is 4.98 Å². The van der Waals surface area contributed by atoms with Crippen LogP contribution in [0.1, 0.15) is 25.2 Å². The first kappa shape index (κ1) is 13.2. The van der Waals surface area contributed by atoms with E-state index < -0.39 is 0 Å². The van der Waals surface area contributed by atoms with Gasteiger partial charge in [0.2, 0.25) is 5.95 Å². The highest BCUT2D eigenvalue weighted by atomic mass is 15.4. The van der Waals surface area contributed by atoms with Crippen LogP contribution in [-0.4, -0.2) is 34.3 Å². The summed E-state index contributed by atoms with van der Waals surface area (Å²) in [6.45, 7) is 2.14. The van der Waals surface area contributed by atoms with E-state index in [4.69, 9.17) is 4.98 Å². The molecule has 5 rings (SSSR count). The van der Waals surface area contributed by atoms with Gasteiger partial charge in [-0.05, 0) is 18.6 Å². The molecule has 0 amide bonds. The molecule has 0 unspecified atom stereocenters. The van der Waals surface area contributed by atoms with Crippen LogP contribution in [0.15, 0.2) is 55.2 Å². The lowest BCUT2D eigenvalue weighted by molar-refractivity contribution is 0.574. The first-order valence-corrected chi connectivity index (χ1v) is 7.80. The highest BCUT2D eigenvalue weighted by Gasteiger charge is 2.35. The van der Waals surface area contributed by atoms with E-state index in [-0.39, 0.29) is 6.04 Å². The van der Waals surface area contributed by atoms with Crippen molar-refractivity contribution in [2.45, 2.75) is 19.4 Å². The maximum absolute atomic E-state index is 4.80. The standard InChI is InChI=1S/C16H14N8/c1-2-12-15-21-19-10-23(15)13-8-18-16(22-7-6-17-9-22)20-14(13)24(12)11-4-3-5-11/h3-10,12H,2H2,1H3/t12-/m1/s1. The average molecular weight is 318 g/mol. The number of nitrogens with zero attached hydrogens (tertiary/aromatic N) is 8. The van der Waals surface area contributed by atoms with E-state index in [0.29, 0.717) is 5.95 Å². The van der Waals surface area contributed by atoms with E-state index in [1.165, 1.54) is 0 Å². The topological polar surface area (TPSA) is 77.5 Å². The van der Waals surface area contributed by atoms with Crippen LogP contribution in [0.5, 0.6) is 0 Å². The number of hydrogen-bond acceptors (Lipinski definition) is 6. The smallest absolute Gasteiger partial charge is 0.237 e. The van der Waals surface area contributed by atoms with Gasteiger partial charge in [0.25, 0.3) is 0 Å². The summed E-state index contributed by atoms with van der Waals surface area (Å²) >= 11 is 0. The lowest BCUT2D eigenvalue weighted by Gasteiger charge is -2.38. The first-order valence-electron chi connectivity index (χ1n) is 7.80. The Morgan fingerprint density at radius 1 is 1.25 bits per heavy atom. The summed E-state index contributed by atoms with van der Waals surface area (Å²) in [7, 11) is 0. The predicted molar refractivity (Wildman–Crippen MR) is 86.8 cm³/mol. The minimum absolute atomic E-state index is 0.0849. The predicted octanol–water partition coefficient (Wildman–Crippen LogP) is 1.97. The van der Waals surface area contributed by atoms with E-state index in [1.807, 2.05) is 23.0 Å². The Kier molecular flexibility index (Phi) is 2.66. The van der Waals surface area contributed by atoms with E-state index in [2.05, 4.69) is 44.1 Å². The van der Waals surface area contributed by atoms with Crippen molar-refractivity contribution in [3.63, 3.8) is 0 Å². The molecule has 3 aromatic heterocycles. The van der Waals surface area contributed by atoms with Crippen molar-refractivity contribution >= 4 is 5.82 Å². The van der Waals surface area contributed by atoms with Gasteiger partial charge >= 0.3 is 0 Å². The summed E-state index contributed by atoms with van der Waals surface area (Å²) in [5.74, 6) is 2.35. The van der Waals surface area contributed by atoms with Crippen LogP contribution in [-0.2, 0) is 0 Å². The number of anilines is 1. The van der Waals surface area contributed by atoms with Crippen molar-refractivity contribution in [2.75, 3.05) is 4.90 Å². The van der Waals surface area contributed by atoms with Gasteiger partial charge in [-0.25, -0.2) is 9.97 Å². The lowest BCUT2D eigenvalue weighted by atomic mass is 10.1. The summed E-state index contributed by atoms with van der Waals surface area (Å²) in [5, 5.41) is 8.41. The highest BCUT2D eigenvalue weighted by molar-refractivity contribution is 5.68. The fourth-order valence-electron chi connectivity index (χ4n) is 3.14. The number of imidazole rings is 1. The molecule has 4 heterocycles. The second-order valence-corrected chi connectivity index (χ2v) is 5.65. The molecule has 1 aliphatic carbocycles. The van der Waals surface area contributed by atoms with Crippen molar-refractivity contribution in [2.24, 2.45) is 0 Å². The molecule has 1 atom stereocenters. The summed E-state index contributed by atoms with van der Waals surface area (Å²) in [5.41, 5.74) is 2.00. The fraction of sp³-hybridized carbons (Fsp3) is 0.188.